The number of nitriles is 1. The topological polar surface area (TPSA) is 108 Å². The van der Waals surface area contributed by atoms with E-state index in [9.17, 15) is 10.1 Å². The Morgan fingerprint density at radius 1 is 1.42 bits per heavy atom. The van der Waals surface area contributed by atoms with Gasteiger partial charge in [0, 0.05) is 26.1 Å². The van der Waals surface area contributed by atoms with Gasteiger partial charge in [0.05, 0.1) is 12.1 Å². The summed E-state index contributed by atoms with van der Waals surface area (Å²) in [5, 5.41) is 16.3. The Morgan fingerprint density at radius 3 is 2.83 bits per heavy atom. The highest BCUT2D eigenvalue weighted by molar-refractivity contribution is 5.74. The van der Waals surface area contributed by atoms with Gasteiger partial charge in [-0.15, -0.1) is 0 Å². The molecule has 1 N–H and O–H groups in total. The highest BCUT2D eigenvalue weighted by Crippen LogP contribution is 2.34. The number of hydrogen-bond acceptors (Lipinski definition) is 7. The summed E-state index contributed by atoms with van der Waals surface area (Å²) in [5.41, 5.74) is 0.585. The molecular formula is C16H18N6O2. The minimum atomic E-state index is -0.748. The van der Waals surface area contributed by atoms with E-state index in [1.165, 1.54) is 6.92 Å². The van der Waals surface area contributed by atoms with Crippen LogP contribution in [-0.4, -0.2) is 34.1 Å². The maximum Gasteiger partial charge on any atom is 0.223 e. The van der Waals surface area contributed by atoms with Crippen molar-refractivity contribution >= 4 is 11.7 Å². The number of pyridine rings is 1. The van der Waals surface area contributed by atoms with Crippen LogP contribution in [0, 0.1) is 25.2 Å². The molecule has 8 nitrogen and oxygen atoms in total. The van der Waals surface area contributed by atoms with E-state index in [-0.39, 0.29) is 5.91 Å². The molecule has 1 aliphatic heterocycles. The van der Waals surface area contributed by atoms with Crippen LogP contribution in [0.1, 0.15) is 36.3 Å². The first kappa shape index (κ1) is 15.9. The fourth-order valence-corrected chi connectivity index (χ4v) is 3.03. The minimum absolute atomic E-state index is 0.169. The number of aryl methyl sites for hydroxylation is 2. The molecule has 24 heavy (non-hydrogen) atoms. The first-order chi connectivity index (χ1) is 11.4. The summed E-state index contributed by atoms with van der Waals surface area (Å²) in [4.78, 5) is 22.5. The lowest BCUT2D eigenvalue weighted by atomic mass is 9.97. The Morgan fingerprint density at radius 2 is 2.21 bits per heavy atom. The Hall–Kier alpha value is -2.95. The molecule has 0 aliphatic carbocycles. The molecule has 124 valence electrons. The van der Waals surface area contributed by atoms with Gasteiger partial charge in [-0.3, -0.25) is 4.79 Å². The number of carbonyl (C=O) groups excluding carboxylic acids is 1. The van der Waals surface area contributed by atoms with Gasteiger partial charge >= 0.3 is 0 Å². The Balaban J connectivity index is 1.98. The first-order valence-electron chi connectivity index (χ1n) is 7.66. The van der Waals surface area contributed by atoms with Crippen LogP contribution < -0.4 is 10.2 Å². The third kappa shape index (κ3) is 2.80. The van der Waals surface area contributed by atoms with Crippen LogP contribution in [0.15, 0.2) is 16.7 Å². The second kappa shape index (κ2) is 5.92. The number of aromatic nitrogens is 3. The van der Waals surface area contributed by atoms with Crippen LogP contribution >= 0.6 is 0 Å². The number of carbonyl (C=O) groups is 1. The van der Waals surface area contributed by atoms with Crippen molar-refractivity contribution in [2.75, 3.05) is 18.0 Å². The van der Waals surface area contributed by atoms with Crippen molar-refractivity contribution in [3.8, 4) is 6.07 Å². The molecule has 3 rings (SSSR count). The minimum Gasteiger partial charge on any atom is -0.353 e. The van der Waals surface area contributed by atoms with Crippen molar-refractivity contribution in [2.45, 2.75) is 32.7 Å². The lowest BCUT2D eigenvalue weighted by molar-refractivity contribution is -0.120. The predicted molar refractivity (Wildman–Crippen MR) is 85.0 cm³/mol. The van der Waals surface area contributed by atoms with Crippen molar-refractivity contribution in [3.05, 3.63) is 35.1 Å². The summed E-state index contributed by atoms with van der Waals surface area (Å²) >= 11 is 0. The fourth-order valence-electron chi connectivity index (χ4n) is 3.03. The second-order valence-corrected chi connectivity index (χ2v) is 6.01. The highest BCUT2D eigenvalue weighted by atomic mass is 16.5. The summed E-state index contributed by atoms with van der Waals surface area (Å²) in [6.45, 7) is 6.10. The molecular weight excluding hydrogens is 308 g/mol. The summed E-state index contributed by atoms with van der Waals surface area (Å²) in [6, 6.07) is 5.74. The molecule has 0 radical (unpaired) electrons. The van der Waals surface area contributed by atoms with E-state index >= 15 is 0 Å². The van der Waals surface area contributed by atoms with Gasteiger partial charge in [0.25, 0.3) is 0 Å². The average Bonchev–Trinajstić information content (AvgIpc) is 3.14. The third-order valence-corrected chi connectivity index (χ3v) is 4.07. The van der Waals surface area contributed by atoms with E-state index < -0.39 is 5.54 Å². The summed E-state index contributed by atoms with van der Waals surface area (Å²) in [6.07, 6.45) is 0.603. The van der Waals surface area contributed by atoms with Gasteiger partial charge in [0.15, 0.2) is 5.82 Å². The molecule has 0 bridgehead atoms. The molecule has 1 amide bonds. The van der Waals surface area contributed by atoms with E-state index in [0.717, 1.165) is 5.69 Å². The quantitative estimate of drug-likeness (QED) is 0.902. The van der Waals surface area contributed by atoms with Gasteiger partial charge in [-0.1, -0.05) is 5.16 Å². The molecule has 8 heteroatoms. The lowest BCUT2D eigenvalue weighted by Crippen LogP contribution is -2.48. The molecule has 1 fully saturated rings. The van der Waals surface area contributed by atoms with E-state index in [0.29, 0.717) is 42.6 Å². The molecule has 1 atom stereocenters. The zero-order valence-corrected chi connectivity index (χ0v) is 13.8. The molecule has 0 aromatic carbocycles. The Labute approximate surface area is 139 Å². The first-order valence-corrected chi connectivity index (χ1v) is 7.66. The van der Waals surface area contributed by atoms with Crippen molar-refractivity contribution in [2.24, 2.45) is 0 Å². The Bertz CT molecular complexity index is 824. The largest absolute Gasteiger partial charge is 0.353 e. The molecule has 2 aromatic heterocycles. The number of rotatable bonds is 3. The van der Waals surface area contributed by atoms with Gasteiger partial charge in [0.1, 0.15) is 17.4 Å². The molecule has 1 aliphatic rings. The number of nitrogens with zero attached hydrogens (tertiary/aromatic N) is 5. The van der Waals surface area contributed by atoms with E-state index in [1.54, 1.807) is 13.0 Å². The van der Waals surface area contributed by atoms with Crippen molar-refractivity contribution in [1.29, 1.82) is 5.26 Å². The van der Waals surface area contributed by atoms with Crippen molar-refractivity contribution in [1.82, 2.24) is 20.4 Å². The van der Waals surface area contributed by atoms with Gasteiger partial charge in [-0.05, 0) is 25.5 Å². The van der Waals surface area contributed by atoms with Gasteiger partial charge in [0.2, 0.25) is 11.8 Å². The zero-order valence-electron chi connectivity index (χ0n) is 13.8. The molecule has 2 aromatic rings. The van der Waals surface area contributed by atoms with Crippen molar-refractivity contribution < 1.29 is 9.32 Å². The summed E-state index contributed by atoms with van der Waals surface area (Å²) < 4.78 is 5.09. The maximum atomic E-state index is 11.7. The van der Waals surface area contributed by atoms with Gasteiger partial charge in [-0.2, -0.15) is 10.2 Å². The smallest absolute Gasteiger partial charge is 0.223 e. The van der Waals surface area contributed by atoms with E-state index in [1.807, 2.05) is 17.9 Å². The van der Waals surface area contributed by atoms with Crippen LogP contribution in [0.2, 0.25) is 0 Å². The summed E-state index contributed by atoms with van der Waals surface area (Å²) in [7, 11) is 0. The monoisotopic (exact) mass is 326 g/mol. The third-order valence-electron chi connectivity index (χ3n) is 4.07. The van der Waals surface area contributed by atoms with E-state index in [2.05, 4.69) is 26.5 Å². The number of anilines is 1. The SMILES string of the molecule is CC(=O)NC1(c2noc(C)n2)CCN(c2nc(C)ccc2C#N)C1. The molecule has 1 saturated heterocycles. The average molecular weight is 326 g/mol. The van der Waals surface area contributed by atoms with Crippen LogP contribution in [0.5, 0.6) is 0 Å². The fraction of sp³-hybridized carbons (Fsp3) is 0.438. The second-order valence-electron chi connectivity index (χ2n) is 6.01. The van der Waals surface area contributed by atoms with Crippen molar-refractivity contribution in [3.63, 3.8) is 0 Å². The van der Waals surface area contributed by atoms with Gasteiger partial charge < -0.3 is 14.7 Å². The maximum absolute atomic E-state index is 11.7. The number of amides is 1. The number of nitrogens with one attached hydrogen (secondary N) is 1. The van der Waals surface area contributed by atoms with E-state index in [4.69, 9.17) is 4.52 Å². The molecule has 0 spiro atoms. The van der Waals surface area contributed by atoms with Crippen LogP contribution in [0.4, 0.5) is 5.82 Å². The lowest BCUT2D eigenvalue weighted by Gasteiger charge is -2.27. The Kier molecular flexibility index (Phi) is 3.93. The summed E-state index contributed by atoms with van der Waals surface area (Å²) in [5.74, 6) is 1.34. The molecule has 3 heterocycles. The predicted octanol–water partition coefficient (Wildman–Crippen LogP) is 1.19. The molecule has 1 unspecified atom stereocenters. The van der Waals surface area contributed by atoms with Gasteiger partial charge in [-0.25, -0.2) is 4.98 Å². The molecule has 0 saturated carbocycles. The normalized spacial score (nSPS) is 20.0. The van der Waals surface area contributed by atoms with Crippen LogP contribution in [-0.2, 0) is 10.3 Å². The number of hydrogen-bond donors (Lipinski definition) is 1. The zero-order chi connectivity index (χ0) is 17.3. The van der Waals surface area contributed by atoms with Crippen LogP contribution in [0.25, 0.3) is 0 Å². The standard InChI is InChI=1S/C16H18N6O2/c1-10-4-5-13(8-17)14(18-10)22-7-6-16(9-22,20-11(2)23)15-19-12(3)24-21-15/h4-5H,6-7,9H2,1-3H3,(H,20,23). The van der Waals surface area contributed by atoms with Crippen LogP contribution in [0.3, 0.4) is 0 Å². The highest BCUT2D eigenvalue weighted by Gasteiger charge is 2.45.